The van der Waals surface area contributed by atoms with Crippen LogP contribution in [0.2, 0.25) is 0 Å². The van der Waals surface area contributed by atoms with Gasteiger partial charge >= 0.3 is 10.1 Å². The molecule has 0 radical (unpaired) electrons. The van der Waals surface area contributed by atoms with Crippen molar-refractivity contribution in [1.82, 2.24) is 0 Å². The highest BCUT2D eigenvalue weighted by Crippen LogP contribution is 2.18. The minimum atomic E-state index is -4.93. The van der Waals surface area contributed by atoms with Crippen molar-refractivity contribution >= 4 is 10.1 Å². The number of hydrogen-bond acceptors (Lipinski definition) is 2. The van der Waals surface area contributed by atoms with E-state index in [4.69, 9.17) is 4.55 Å². The Balaban J connectivity index is 3.33. The Bertz CT molecular complexity index is 350. The van der Waals surface area contributed by atoms with Gasteiger partial charge in [0, 0.05) is 0 Å². The van der Waals surface area contributed by atoms with Crippen molar-refractivity contribution in [2.75, 3.05) is 6.67 Å². The fraction of sp³-hybridized carbons (Fsp3) is 1.00. The van der Waals surface area contributed by atoms with Gasteiger partial charge < -0.3 is 0 Å². The summed E-state index contributed by atoms with van der Waals surface area (Å²) >= 11 is 0. The predicted octanol–water partition coefficient (Wildman–Crippen LogP) is 5.16. The zero-order chi connectivity index (χ0) is 16.8. The zero-order valence-electron chi connectivity index (χ0n) is 13.2. The Morgan fingerprint density at radius 3 is 1.45 bits per heavy atom. The van der Waals surface area contributed by atoms with Crippen LogP contribution < -0.4 is 0 Å². The molecule has 0 aliphatic heterocycles. The molecule has 2 unspecified atom stereocenters. The predicted molar refractivity (Wildman–Crippen MR) is 82.7 cm³/mol. The molecule has 2 atom stereocenters. The first-order valence-corrected chi connectivity index (χ1v) is 9.70. The highest BCUT2D eigenvalue weighted by Gasteiger charge is 2.31. The van der Waals surface area contributed by atoms with Crippen LogP contribution in [0.15, 0.2) is 0 Å². The van der Waals surface area contributed by atoms with Gasteiger partial charge in [-0.15, -0.1) is 0 Å². The highest BCUT2D eigenvalue weighted by atomic mass is 32.2. The van der Waals surface area contributed by atoms with Crippen LogP contribution >= 0.6 is 0 Å². The summed E-state index contributed by atoms with van der Waals surface area (Å²) in [6.45, 7) is -0.229. The summed E-state index contributed by atoms with van der Waals surface area (Å²) in [5.74, 6) is 0. The van der Waals surface area contributed by atoms with E-state index in [2.05, 4.69) is 0 Å². The molecule has 1 N–H and O–H groups in total. The van der Waals surface area contributed by atoms with Gasteiger partial charge in [0.25, 0.3) is 5.50 Å². The normalized spacial score (nSPS) is 14.9. The average Bonchev–Trinajstić information content (AvgIpc) is 2.46. The Hall–Kier alpha value is -0.300. The maximum absolute atomic E-state index is 13.2. The number of halogens is 3. The summed E-state index contributed by atoms with van der Waals surface area (Å²) in [4.78, 5) is 0. The van der Waals surface area contributed by atoms with Crippen LogP contribution in [-0.4, -0.2) is 31.3 Å². The molecule has 0 aromatic heterocycles. The highest BCUT2D eigenvalue weighted by molar-refractivity contribution is 7.86. The standard InChI is InChI=1S/C15H29F3O3S/c16-13-11-9-7-5-3-1-2-4-6-8-10-12-14(17)15(18)22(19,20)21/h14-15H,1-13H2,(H,19,20,21). The van der Waals surface area contributed by atoms with Crippen molar-refractivity contribution in [2.24, 2.45) is 0 Å². The molecule has 0 saturated carbocycles. The van der Waals surface area contributed by atoms with Gasteiger partial charge in [0.1, 0.15) is 6.17 Å². The van der Waals surface area contributed by atoms with E-state index in [-0.39, 0.29) is 13.1 Å². The molecule has 0 heterocycles. The van der Waals surface area contributed by atoms with Gasteiger partial charge in [-0.05, 0) is 12.8 Å². The summed E-state index contributed by atoms with van der Waals surface area (Å²) in [6.07, 6.45) is 7.97. The second-order valence-electron chi connectivity index (χ2n) is 5.75. The largest absolute Gasteiger partial charge is 0.300 e. The van der Waals surface area contributed by atoms with Gasteiger partial charge in [0.15, 0.2) is 0 Å². The minimum Gasteiger partial charge on any atom is -0.283 e. The molecule has 0 fully saturated rings. The molecule has 22 heavy (non-hydrogen) atoms. The molecule has 0 amide bonds. The van der Waals surface area contributed by atoms with Crippen LogP contribution in [0.3, 0.4) is 0 Å². The first-order valence-electron chi connectivity index (χ1n) is 8.20. The first-order chi connectivity index (χ1) is 10.4. The van der Waals surface area contributed by atoms with E-state index in [1.807, 2.05) is 0 Å². The monoisotopic (exact) mass is 346 g/mol. The average molecular weight is 346 g/mol. The van der Waals surface area contributed by atoms with Gasteiger partial charge in [0.2, 0.25) is 0 Å². The SMILES string of the molecule is O=S(=O)(O)C(F)C(F)CCCCCCCCCCCCCF. The topological polar surface area (TPSA) is 54.4 Å². The molecule has 0 saturated heterocycles. The van der Waals surface area contributed by atoms with Crippen LogP contribution in [0.1, 0.15) is 77.0 Å². The maximum atomic E-state index is 13.2. The third kappa shape index (κ3) is 12.3. The molecule has 0 aliphatic rings. The molecule has 0 aromatic rings. The second kappa shape index (κ2) is 13.2. The number of alkyl halides is 3. The van der Waals surface area contributed by atoms with Crippen molar-refractivity contribution in [2.45, 2.75) is 88.7 Å². The fourth-order valence-electron chi connectivity index (χ4n) is 2.34. The Kier molecular flexibility index (Phi) is 13.0. The van der Waals surface area contributed by atoms with E-state index in [1.54, 1.807) is 0 Å². The van der Waals surface area contributed by atoms with E-state index in [9.17, 15) is 21.6 Å². The summed E-state index contributed by atoms with van der Waals surface area (Å²) in [5, 5.41) is 0. The Labute approximate surface area is 132 Å². The van der Waals surface area contributed by atoms with Gasteiger partial charge in [-0.2, -0.15) is 8.42 Å². The summed E-state index contributed by atoms with van der Waals surface area (Å²) < 4.78 is 67.1. The molecular formula is C15H29F3O3S. The van der Waals surface area contributed by atoms with E-state index in [1.165, 1.54) is 0 Å². The minimum absolute atomic E-state index is 0.185. The summed E-state index contributed by atoms with van der Waals surface area (Å²) in [5.41, 5.74) is -2.83. The van der Waals surface area contributed by atoms with Gasteiger partial charge in [-0.1, -0.05) is 64.2 Å². The third-order valence-corrected chi connectivity index (χ3v) is 4.55. The molecule has 0 aromatic carbocycles. The lowest BCUT2D eigenvalue weighted by molar-refractivity contribution is 0.200. The molecular weight excluding hydrogens is 317 g/mol. The Morgan fingerprint density at radius 1 is 0.727 bits per heavy atom. The van der Waals surface area contributed by atoms with Crippen molar-refractivity contribution in [1.29, 1.82) is 0 Å². The summed E-state index contributed by atoms with van der Waals surface area (Å²) in [6, 6.07) is 0. The third-order valence-electron chi connectivity index (χ3n) is 3.68. The molecule has 0 bridgehead atoms. The van der Waals surface area contributed by atoms with Crippen molar-refractivity contribution in [3.8, 4) is 0 Å². The van der Waals surface area contributed by atoms with Gasteiger partial charge in [0.05, 0.1) is 6.67 Å². The van der Waals surface area contributed by atoms with Crippen molar-refractivity contribution in [3.63, 3.8) is 0 Å². The van der Waals surface area contributed by atoms with E-state index in [0.29, 0.717) is 12.8 Å². The molecule has 0 rings (SSSR count). The molecule has 7 heteroatoms. The lowest BCUT2D eigenvalue weighted by atomic mass is 10.0. The smallest absolute Gasteiger partial charge is 0.283 e. The van der Waals surface area contributed by atoms with Crippen LogP contribution in [0.25, 0.3) is 0 Å². The first kappa shape index (κ1) is 21.7. The van der Waals surface area contributed by atoms with Crippen LogP contribution in [-0.2, 0) is 10.1 Å². The van der Waals surface area contributed by atoms with Gasteiger partial charge in [-0.3, -0.25) is 8.94 Å². The second-order valence-corrected chi connectivity index (χ2v) is 7.23. The maximum Gasteiger partial charge on any atom is 0.300 e. The van der Waals surface area contributed by atoms with Crippen molar-refractivity contribution in [3.05, 3.63) is 0 Å². The van der Waals surface area contributed by atoms with Crippen LogP contribution in [0, 0.1) is 0 Å². The molecule has 0 spiro atoms. The van der Waals surface area contributed by atoms with Crippen molar-refractivity contribution < 1.29 is 26.1 Å². The number of unbranched alkanes of at least 4 members (excludes halogenated alkanes) is 10. The quantitative estimate of drug-likeness (QED) is 0.329. The number of hydrogen-bond donors (Lipinski definition) is 1. The van der Waals surface area contributed by atoms with E-state index in [0.717, 1.165) is 57.8 Å². The lowest BCUT2D eigenvalue weighted by Crippen LogP contribution is -2.26. The lowest BCUT2D eigenvalue weighted by Gasteiger charge is -2.10. The van der Waals surface area contributed by atoms with Crippen LogP contribution in [0.5, 0.6) is 0 Å². The van der Waals surface area contributed by atoms with E-state index >= 15 is 0 Å². The zero-order valence-corrected chi connectivity index (χ0v) is 14.0. The van der Waals surface area contributed by atoms with E-state index < -0.39 is 21.8 Å². The fourth-order valence-corrected chi connectivity index (χ4v) is 2.85. The number of rotatable bonds is 15. The molecule has 3 nitrogen and oxygen atoms in total. The molecule has 0 aliphatic carbocycles. The molecule has 134 valence electrons. The van der Waals surface area contributed by atoms with Gasteiger partial charge in [-0.25, -0.2) is 8.78 Å². The van der Waals surface area contributed by atoms with Crippen LogP contribution in [0.4, 0.5) is 13.2 Å². The Morgan fingerprint density at radius 2 is 1.09 bits per heavy atom. The summed E-state index contributed by atoms with van der Waals surface area (Å²) in [7, 11) is -4.93.